The van der Waals surface area contributed by atoms with Crippen LogP contribution in [0.1, 0.15) is 56.8 Å². The van der Waals surface area contributed by atoms with Gasteiger partial charge in [0, 0.05) is 31.1 Å². The van der Waals surface area contributed by atoms with Gasteiger partial charge in [0.25, 0.3) is 0 Å². The fourth-order valence-corrected chi connectivity index (χ4v) is 5.89. The molecule has 8 heteroatoms. The van der Waals surface area contributed by atoms with Crippen molar-refractivity contribution in [1.82, 2.24) is 9.97 Å². The highest BCUT2D eigenvalue weighted by Gasteiger charge is 2.24. The van der Waals surface area contributed by atoms with Crippen molar-refractivity contribution in [3.05, 3.63) is 70.5 Å². The van der Waals surface area contributed by atoms with Crippen LogP contribution in [0.25, 0.3) is 22.0 Å². The molecule has 1 fully saturated rings. The first-order chi connectivity index (χ1) is 19.3. The number of hydrogen-bond donors (Lipinski definition) is 2. The molecule has 3 heterocycles. The minimum atomic E-state index is -0.149. The Labute approximate surface area is 245 Å². The van der Waals surface area contributed by atoms with E-state index in [9.17, 15) is 9.90 Å². The minimum Gasteiger partial charge on any atom is -0.505 e. The largest absolute Gasteiger partial charge is 0.505 e. The maximum absolute atomic E-state index is 12.9. The molecule has 0 spiro atoms. The van der Waals surface area contributed by atoms with Crippen LogP contribution in [-0.2, 0) is 0 Å². The molecule has 208 valence electrons. The summed E-state index contributed by atoms with van der Waals surface area (Å²) in [6.45, 7) is 8.50. The number of nitrogens with zero attached hydrogens (tertiary/aromatic N) is 3. The fourth-order valence-electron chi connectivity index (χ4n) is 5.40. The first kappa shape index (κ1) is 28.2. The second kappa shape index (κ2) is 12.0. The molecule has 0 aliphatic carbocycles. The van der Waals surface area contributed by atoms with Crippen molar-refractivity contribution in [1.29, 1.82) is 0 Å². The smallest absolute Gasteiger partial charge is 0.166 e. The molecule has 1 saturated heterocycles. The number of pyridine rings is 2. The second-order valence-electron chi connectivity index (χ2n) is 10.7. The van der Waals surface area contributed by atoms with Crippen LogP contribution in [0.5, 0.6) is 5.75 Å². The Morgan fingerprint density at radius 3 is 2.52 bits per heavy atom. The van der Waals surface area contributed by atoms with Gasteiger partial charge in [-0.1, -0.05) is 56.5 Å². The number of rotatable bonds is 9. The Balaban J connectivity index is 1.47. The summed E-state index contributed by atoms with van der Waals surface area (Å²) in [5, 5.41) is 14.6. The van der Waals surface area contributed by atoms with Crippen molar-refractivity contribution in [3.63, 3.8) is 0 Å². The molecule has 1 aliphatic rings. The van der Waals surface area contributed by atoms with Crippen molar-refractivity contribution in [2.24, 2.45) is 11.8 Å². The molecule has 0 radical (unpaired) electrons. The second-order valence-corrected chi connectivity index (χ2v) is 11.5. The third-order valence-corrected chi connectivity index (χ3v) is 8.48. The summed E-state index contributed by atoms with van der Waals surface area (Å²) >= 11 is 12.4. The third kappa shape index (κ3) is 5.89. The highest BCUT2D eigenvalue weighted by atomic mass is 35.5. The minimum absolute atomic E-state index is 0.00739. The number of carbonyl (C=O) groups excluding carboxylic acids is 1. The molecule has 5 rings (SSSR count). The van der Waals surface area contributed by atoms with Gasteiger partial charge in [-0.2, -0.15) is 0 Å². The summed E-state index contributed by atoms with van der Waals surface area (Å²) in [7, 11) is 0. The van der Waals surface area contributed by atoms with Crippen molar-refractivity contribution in [2.75, 3.05) is 23.3 Å². The van der Waals surface area contributed by atoms with E-state index >= 15 is 0 Å². The van der Waals surface area contributed by atoms with Crippen molar-refractivity contribution < 1.29 is 9.90 Å². The zero-order chi connectivity index (χ0) is 28.4. The summed E-state index contributed by atoms with van der Waals surface area (Å²) in [5.74, 6) is 2.29. The Morgan fingerprint density at radius 1 is 1.07 bits per heavy atom. The molecule has 2 aromatic heterocycles. The zero-order valence-corrected chi connectivity index (χ0v) is 24.6. The number of carbonyl (C=O) groups is 1. The number of aromatic nitrogens is 2. The van der Waals surface area contributed by atoms with E-state index in [0.29, 0.717) is 23.6 Å². The lowest BCUT2D eigenvalue weighted by atomic mass is 9.93. The van der Waals surface area contributed by atoms with Crippen LogP contribution in [-0.4, -0.2) is 33.9 Å². The fraction of sp³-hybridized carbons (Fsp3) is 0.344. The Bertz CT molecular complexity index is 1520. The topological polar surface area (TPSA) is 78.3 Å². The maximum atomic E-state index is 12.9. The normalized spacial score (nSPS) is 15.9. The van der Waals surface area contributed by atoms with Gasteiger partial charge in [0.2, 0.25) is 0 Å². The van der Waals surface area contributed by atoms with Gasteiger partial charge in [0.05, 0.1) is 38.7 Å². The SMILES string of the molecule is CCC(=O)c1cnc2ccc(-c3cc(Cl)c(O)c(Cl)c3)cc2c1Nc1ccc(N2CCC(CC(C)CC)C2)nc1. The molecule has 40 heavy (non-hydrogen) atoms. The third-order valence-electron chi connectivity index (χ3n) is 7.90. The molecule has 6 nitrogen and oxygen atoms in total. The molecular weight excluding hydrogens is 543 g/mol. The highest BCUT2D eigenvalue weighted by molar-refractivity contribution is 6.37. The van der Waals surface area contributed by atoms with E-state index in [1.807, 2.05) is 43.5 Å². The van der Waals surface area contributed by atoms with Crippen LogP contribution in [0.2, 0.25) is 10.0 Å². The number of halogens is 2. The number of phenols is 1. The number of ketones is 1. The standard InChI is InChI=1S/C32H34Cl2N4O2/c1-4-19(3)12-20-10-11-38(18-20)30-9-7-23(16-36-30)37-31-24-13-21(22-14-26(33)32(40)27(34)15-22)6-8-28(24)35-17-25(31)29(39)5-2/h6-9,13-17,19-20,40H,4-5,10-12,18H2,1-3H3,(H,35,37). The number of nitrogens with one attached hydrogen (secondary N) is 1. The number of fused-ring (bicyclic) bond motifs is 1. The van der Waals surface area contributed by atoms with E-state index in [4.69, 9.17) is 28.2 Å². The van der Waals surface area contributed by atoms with Gasteiger partial charge in [0.1, 0.15) is 5.82 Å². The predicted octanol–water partition coefficient (Wildman–Crippen LogP) is 8.91. The lowest BCUT2D eigenvalue weighted by molar-refractivity contribution is 0.0988. The molecule has 0 amide bonds. The van der Waals surface area contributed by atoms with Crippen LogP contribution >= 0.6 is 23.2 Å². The van der Waals surface area contributed by atoms with Gasteiger partial charge < -0.3 is 15.3 Å². The molecule has 4 aromatic rings. The van der Waals surface area contributed by atoms with Crippen LogP contribution in [0.4, 0.5) is 17.2 Å². The van der Waals surface area contributed by atoms with Crippen LogP contribution in [0.15, 0.2) is 54.9 Å². The van der Waals surface area contributed by atoms with Crippen LogP contribution in [0, 0.1) is 11.8 Å². The summed E-state index contributed by atoms with van der Waals surface area (Å²) in [6.07, 6.45) is 7.51. The number of phenolic OH excluding ortho intramolecular Hbond substituents is 1. The van der Waals surface area contributed by atoms with Gasteiger partial charge >= 0.3 is 0 Å². The average molecular weight is 578 g/mol. The molecule has 0 saturated carbocycles. The summed E-state index contributed by atoms with van der Waals surface area (Å²) in [6, 6.07) is 13.2. The van der Waals surface area contributed by atoms with E-state index in [-0.39, 0.29) is 21.6 Å². The molecule has 0 bridgehead atoms. The van der Waals surface area contributed by atoms with Gasteiger partial charge in [-0.25, -0.2) is 4.98 Å². The Hall–Kier alpha value is -3.35. The summed E-state index contributed by atoms with van der Waals surface area (Å²) in [5.41, 5.74) is 4.30. The van der Waals surface area contributed by atoms with Gasteiger partial charge in [-0.05, 0) is 72.2 Å². The number of aromatic hydroxyl groups is 1. The van der Waals surface area contributed by atoms with Crippen molar-refractivity contribution in [2.45, 2.75) is 46.5 Å². The van der Waals surface area contributed by atoms with Gasteiger partial charge in [-0.3, -0.25) is 9.78 Å². The Kier molecular flexibility index (Phi) is 8.48. The maximum Gasteiger partial charge on any atom is 0.166 e. The Morgan fingerprint density at radius 2 is 1.85 bits per heavy atom. The number of benzene rings is 2. The van der Waals surface area contributed by atoms with E-state index in [1.165, 1.54) is 19.3 Å². The lowest BCUT2D eigenvalue weighted by Gasteiger charge is -2.20. The first-order valence-electron chi connectivity index (χ1n) is 13.9. The number of anilines is 3. The van der Waals surface area contributed by atoms with Gasteiger partial charge in [-0.15, -0.1) is 0 Å². The molecule has 2 aromatic carbocycles. The van der Waals surface area contributed by atoms with Crippen molar-refractivity contribution >= 4 is 57.1 Å². The highest BCUT2D eigenvalue weighted by Crippen LogP contribution is 2.39. The quantitative estimate of drug-likeness (QED) is 0.194. The molecule has 2 unspecified atom stereocenters. The molecule has 1 aliphatic heterocycles. The lowest BCUT2D eigenvalue weighted by Crippen LogP contribution is -2.21. The zero-order valence-electron chi connectivity index (χ0n) is 23.0. The summed E-state index contributed by atoms with van der Waals surface area (Å²) in [4.78, 5) is 24.6. The van der Waals surface area contributed by atoms with E-state index in [0.717, 1.165) is 52.5 Å². The number of Topliss-reactive ketones (excluding diaryl/α,β-unsaturated/α-hetero) is 1. The predicted molar refractivity (Wildman–Crippen MR) is 165 cm³/mol. The van der Waals surface area contributed by atoms with Crippen LogP contribution in [0.3, 0.4) is 0 Å². The number of hydrogen-bond acceptors (Lipinski definition) is 6. The summed E-state index contributed by atoms with van der Waals surface area (Å²) < 4.78 is 0. The first-order valence-corrected chi connectivity index (χ1v) is 14.6. The van der Waals surface area contributed by atoms with E-state index in [1.54, 1.807) is 18.3 Å². The average Bonchev–Trinajstić information content (AvgIpc) is 3.43. The van der Waals surface area contributed by atoms with Crippen molar-refractivity contribution in [3.8, 4) is 16.9 Å². The monoisotopic (exact) mass is 576 g/mol. The molecule has 2 N–H and O–H groups in total. The van der Waals surface area contributed by atoms with E-state index < -0.39 is 0 Å². The van der Waals surface area contributed by atoms with Gasteiger partial charge in [0.15, 0.2) is 11.5 Å². The molecular formula is C32H34Cl2N4O2. The molecule has 2 atom stereocenters. The van der Waals surface area contributed by atoms with E-state index in [2.05, 4.69) is 29.0 Å². The van der Waals surface area contributed by atoms with Crippen LogP contribution < -0.4 is 10.2 Å².